The first kappa shape index (κ1) is 13.5. The number of hydrogen-bond acceptors (Lipinski definition) is 3. The number of aliphatic carboxylic acids is 2. The summed E-state index contributed by atoms with van der Waals surface area (Å²) in [7, 11) is 0. The van der Waals surface area contributed by atoms with Gasteiger partial charge in [0.1, 0.15) is 0 Å². The van der Waals surface area contributed by atoms with Gasteiger partial charge >= 0.3 is 11.9 Å². The van der Waals surface area contributed by atoms with E-state index in [0.29, 0.717) is 0 Å². The quantitative estimate of drug-likeness (QED) is 0.537. The Kier molecular flexibility index (Phi) is 4.84. The van der Waals surface area contributed by atoms with E-state index in [1.807, 2.05) is 0 Å². The van der Waals surface area contributed by atoms with Crippen LogP contribution in [0.2, 0.25) is 0 Å². The number of carboxylic acids is 2. The van der Waals surface area contributed by atoms with E-state index in [1.54, 1.807) is 27.7 Å². The molecule has 0 aromatic rings. The second kappa shape index (κ2) is 5.38. The Labute approximate surface area is 88.4 Å². The molecule has 0 saturated heterocycles. The molecule has 5 nitrogen and oxygen atoms in total. The summed E-state index contributed by atoms with van der Waals surface area (Å²) in [5, 5.41) is 17.7. The zero-order chi connectivity index (χ0) is 12.2. The summed E-state index contributed by atoms with van der Waals surface area (Å²) >= 11 is 0. The molecule has 86 valence electrons. The van der Waals surface area contributed by atoms with Crippen LogP contribution in [0.1, 0.15) is 27.7 Å². The van der Waals surface area contributed by atoms with Gasteiger partial charge < -0.3 is 14.9 Å². The molecule has 0 aromatic heterocycles. The topological polar surface area (TPSA) is 83.8 Å². The number of hydrogen-bond donors (Lipinski definition) is 2. The molecule has 0 rings (SSSR count). The third-order valence-electron chi connectivity index (χ3n) is 1.60. The van der Waals surface area contributed by atoms with Gasteiger partial charge in [-0.15, -0.1) is 0 Å². The standard InChI is InChI=1S/C10H16O5/c1-5(2)7(9(11)12)8(10(13)14)15-6(3)4/h5-6H,1-4H3,(H,11,12)(H,13,14)/b8-7+. The summed E-state index contributed by atoms with van der Waals surface area (Å²) in [6, 6.07) is 0. The molecule has 2 N–H and O–H groups in total. The monoisotopic (exact) mass is 216 g/mol. The summed E-state index contributed by atoms with van der Waals surface area (Å²) in [6.45, 7) is 6.50. The van der Waals surface area contributed by atoms with Crippen molar-refractivity contribution < 1.29 is 24.5 Å². The number of carboxylic acid groups (broad SMARTS) is 2. The van der Waals surface area contributed by atoms with Gasteiger partial charge in [-0.2, -0.15) is 0 Å². The van der Waals surface area contributed by atoms with Crippen LogP contribution in [0.4, 0.5) is 0 Å². The zero-order valence-electron chi connectivity index (χ0n) is 9.27. The molecule has 0 aromatic carbocycles. The lowest BCUT2D eigenvalue weighted by Gasteiger charge is -2.15. The summed E-state index contributed by atoms with van der Waals surface area (Å²) in [5.41, 5.74) is -0.212. The van der Waals surface area contributed by atoms with Crippen molar-refractivity contribution in [1.82, 2.24) is 0 Å². The van der Waals surface area contributed by atoms with Crippen molar-refractivity contribution in [1.29, 1.82) is 0 Å². The van der Waals surface area contributed by atoms with Gasteiger partial charge in [-0.25, -0.2) is 9.59 Å². The molecule has 0 heterocycles. The van der Waals surface area contributed by atoms with Gasteiger partial charge in [-0.05, 0) is 19.8 Å². The SMILES string of the molecule is CC(C)O/C(C(=O)O)=C(/C(=O)O)C(C)C. The van der Waals surface area contributed by atoms with Crippen LogP contribution in [-0.2, 0) is 14.3 Å². The Bertz CT molecular complexity index is 288. The number of ether oxygens (including phenoxy) is 1. The highest BCUT2D eigenvalue weighted by atomic mass is 16.5. The fourth-order valence-corrected chi connectivity index (χ4v) is 1.07. The van der Waals surface area contributed by atoms with Crippen LogP contribution in [0.3, 0.4) is 0 Å². The maximum absolute atomic E-state index is 10.9. The average molecular weight is 216 g/mol. The fourth-order valence-electron chi connectivity index (χ4n) is 1.07. The van der Waals surface area contributed by atoms with Crippen LogP contribution in [0.5, 0.6) is 0 Å². The lowest BCUT2D eigenvalue weighted by atomic mass is 10.0. The van der Waals surface area contributed by atoms with E-state index in [0.717, 1.165) is 0 Å². The van der Waals surface area contributed by atoms with Crippen LogP contribution >= 0.6 is 0 Å². The van der Waals surface area contributed by atoms with Gasteiger partial charge in [0.2, 0.25) is 5.76 Å². The first-order valence-corrected chi connectivity index (χ1v) is 4.64. The minimum Gasteiger partial charge on any atom is -0.483 e. The van der Waals surface area contributed by atoms with E-state index in [4.69, 9.17) is 14.9 Å². The van der Waals surface area contributed by atoms with Crippen LogP contribution in [0.25, 0.3) is 0 Å². The van der Waals surface area contributed by atoms with E-state index in [1.165, 1.54) is 0 Å². The first-order valence-electron chi connectivity index (χ1n) is 4.64. The van der Waals surface area contributed by atoms with Gasteiger partial charge in [0, 0.05) is 0 Å². The molecule has 0 saturated carbocycles. The normalized spacial score (nSPS) is 12.7. The van der Waals surface area contributed by atoms with E-state index in [-0.39, 0.29) is 11.7 Å². The molecule has 0 fully saturated rings. The van der Waals surface area contributed by atoms with E-state index >= 15 is 0 Å². The van der Waals surface area contributed by atoms with Crippen molar-refractivity contribution in [2.45, 2.75) is 33.8 Å². The lowest BCUT2D eigenvalue weighted by Crippen LogP contribution is -2.19. The van der Waals surface area contributed by atoms with E-state index in [2.05, 4.69) is 0 Å². The fraction of sp³-hybridized carbons (Fsp3) is 0.600. The molecule has 0 radical (unpaired) electrons. The van der Waals surface area contributed by atoms with Gasteiger partial charge in [-0.1, -0.05) is 13.8 Å². The summed E-state index contributed by atoms with van der Waals surface area (Å²) in [4.78, 5) is 21.7. The lowest BCUT2D eigenvalue weighted by molar-refractivity contribution is -0.140. The Morgan fingerprint density at radius 2 is 1.47 bits per heavy atom. The number of rotatable bonds is 5. The summed E-state index contributed by atoms with van der Waals surface area (Å²) < 4.78 is 5.00. The molecule has 0 aliphatic rings. The van der Waals surface area contributed by atoms with Gasteiger partial charge in [0.25, 0.3) is 0 Å². The predicted molar refractivity (Wildman–Crippen MR) is 53.4 cm³/mol. The van der Waals surface area contributed by atoms with Crippen LogP contribution in [0, 0.1) is 5.92 Å². The van der Waals surface area contributed by atoms with Crippen molar-refractivity contribution >= 4 is 11.9 Å². The maximum atomic E-state index is 10.9. The highest BCUT2D eigenvalue weighted by molar-refractivity contribution is 5.97. The average Bonchev–Trinajstić information content (AvgIpc) is 2.00. The second-order valence-electron chi connectivity index (χ2n) is 3.67. The zero-order valence-corrected chi connectivity index (χ0v) is 9.27. The maximum Gasteiger partial charge on any atom is 0.371 e. The summed E-state index contributed by atoms with van der Waals surface area (Å²) in [5.74, 6) is -3.50. The molecular formula is C10H16O5. The molecule has 15 heavy (non-hydrogen) atoms. The third-order valence-corrected chi connectivity index (χ3v) is 1.60. The van der Waals surface area contributed by atoms with Crippen molar-refractivity contribution in [3.05, 3.63) is 11.3 Å². The molecule has 0 unspecified atom stereocenters. The highest BCUT2D eigenvalue weighted by Gasteiger charge is 2.25. The Balaban J connectivity index is 5.35. The molecule has 0 atom stereocenters. The Morgan fingerprint density at radius 1 is 1.00 bits per heavy atom. The van der Waals surface area contributed by atoms with Gasteiger partial charge in [-0.3, -0.25) is 0 Å². The van der Waals surface area contributed by atoms with E-state index in [9.17, 15) is 9.59 Å². The molecule has 0 aliphatic carbocycles. The Morgan fingerprint density at radius 3 is 1.67 bits per heavy atom. The molecule has 5 heteroatoms. The molecule has 0 spiro atoms. The van der Waals surface area contributed by atoms with Crippen molar-refractivity contribution in [3.8, 4) is 0 Å². The minimum atomic E-state index is -1.35. The predicted octanol–water partition coefficient (Wildman–Crippen LogP) is 1.49. The van der Waals surface area contributed by atoms with Crippen LogP contribution in [0.15, 0.2) is 11.3 Å². The van der Waals surface area contributed by atoms with Crippen molar-refractivity contribution in [2.24, 2.45) is 5.92 Å². The van der Waals surface area contributed by atoms with Crippen molar-refractivity contribution in [3.63, 3.8) is 0 Å². The van der Waals surface area contributed by atoms with Gasteiger partial charge in [0.15, 0.2) is 0 Å². The van der Waals surface area contributed by atoms with Gasteiger partial charge in [0.05, 0.1) is 11.7 Å². The molecule has 0 aliphatic heterocycles. The highest BCUT2D eigenvalue weighted by Crippen LogP contribution is 2.18. The third kappa shape index (κ3) is 4.01. The number of carbonyl (C=O) groups is 2. The minimum absolute atomic E-state index is 0.212. The van der Waals surface area contributed by atoms with Crippen LogP contribution in [-0.4, -0.2) is 28.3 Å². The second-order valence-corrected chi connectivity index (χ2v) is 3.67. The molecule has 0 amide bonds. The molecular weight excluding hydrogens is 200 g/mol. The van der Waals surface area contributed by atoms with E-state index < -0.39 is 23.6 Å². The van der Waals surface area contributed by atoms with Crippen LogP contribution < -0.4 is 0 Å². The van der Waals surface area contributed by atoms with Crippen molar-refractivity contribution in [2.75, 3.05) is 0 Å². The summed E-state index contributed by atoms with van der Waals surface area (Å²) in [6.07, 6.45) is -0.371. The molecule has 0 bridgehead atoms. The smallest absolute Gasteiger partial charge is 0.371 e. The Hall–Kier alpha value is -1.52. The first-order chi connectivity index (χ1) is 6.77. The largest absolute Gasteiger partial charge is 0.483 e.